The molecule has 0 aliphatic heterocycles. The van der Waals surface area contributed by atoms with Gasteiger partial charge in [-0.05, 0) is 48.5 Å². The van der Waals surface area contributed by atoms with Crippen molar-refractivity contribution in [3.63, 3.8) is 0 Å². The molecule has 1 heterocycles. The van der Waals surface area contributed by atoms with Gasteiger partial charge in [-0.2, -0.15) is 4.57 Å². The first-order valence-electron chi connectivity index (χ1n) is 11.1. The van der Waals surface area contributed by atoms with E-state index in [4.69, 9.17) is 9.47 Å². The highest BCUT2D eigenvalue weighted by molar-refractivity contribution is 6.50. The van der Waals surface area contributed by atoms with Crippen LogP contribution in [0, 0.1) is 0 Å². The van der Waals surface area contributed by atoms with Crippen LogP contribution < -0.4 is 14.0 Å². The number of rotatable bonds is 7. The maximum atomic E-state index is 12.0. The van der Waals surface area contributed by atoms with Crippen molar-refractivity contribution in [2.75, 3.05) is 14.2 Å². The molecular weight excluding hydrogens is 489 g/mol. The van der Waals surface area contributed by atoms with Crippen LogP contribution in [-0.4, -0.2) is 32.5 Å². The number of aromatic carboxylic acids is 1. The number of carbonyl (C=O) groups is 1. The SMILES string of the molecule is COc1ccc(-c2cc(C(=O)O)cc(-c3ccc(OC)cc3)[n+]2Cc2ccccc2)cc1.F[B-](F)(F)F. The van der Waals surface area contributed by atoms with E-state index in [9.17, 15) is 27.2 Å². The third-order valence-electron chi connectivity index (χ3n) is 5.37. The van der Waals surface area contributed by atoms with E-state index >= 15 is 0 Å². The molecule has 37 heavy (non-hydrogen) atoms. The summed E-state index contributed by atoms with van der Waals surface area (Å²) < 4.78 is 51.7. The van der Waals surface area contributed by atoms with Crippen molar-refractivity contribution in [3.8, 4) is 34.0 Å². The van der Waals surface area contributed by atoms with Crippen LogP contribution in [0.1, 0.15) is 15.9 Å². The molecule has 5 nitrogen and oxygen atoms in total. The van der Waals surface area contributed by atoms with Crippen LogP contribution >= 0.6 is 0 Å². The molecule has 4 aromatic rings. The average molecular weight is 513 g/mol. The number of carboxylic acid groups (broad SMARTS) is 1. The normalized spacial score (nSPS) is 10.8. The number of aromatic nitrogens is 1. The Bertz CT molecular complexity index is 1260. The molecule has 4 rings (SSSR count). The standard InChI is InChI=1S/C27H23NO4.BF4/c1-31-23-12-8-20(9-13-23)25-16-22(27(29)30)17-26(21-10-14-24(32-2)15-11-21)28(25)18-19-6-4-3-5-7-19;2-1(3,4)5/h3-17H,18H2,1-2H3;/q;-1/p+1. The Morgan fingerprint density at radius 1 is 0.757 bits per heavy atom. The van der Waals surface area contributed by atoms with Crippen molar-refractivity contribution in [2.45, 2.75) is 6.54 Å². The minimum absolute atomic E-state index is 0.228. The quantitative estimate of drug-likeness (QED) is 0.177. The number of methoxy groups -OCH3 is 2. The van der Waals surface area contributed by atoms with Crippen molar-refractivity contribution in [3.05, 3.63) is 102 Å². The van der Waals surface area contributed by atoms with Crippen LogP contribution in [0.3, 0.4) is 0 Å². The largest absolute Gasteiger partial charge is 0.673 e. The van der Waals surface area contributed by atoms with E-state index in [1.165, 1.54) is 0 Å². The van der Waals surface area contributed by atoms with Gasteiger partial charge in [-0.25, -0.2) is 4.79 Å². The third kappa shape index (κ3) is 7.83. The Kier molecular flexibility index (Phi) is 8.89. The molecule has 0 saturated heterocycles. The zero-order valence-electron chi connectivity index (χ0n) is 20.1. The minimum Gasteiger partial charge on any atom is -0.497 e. The predicted octanol–water partition coefficient (Wildman–Crippen LogP) is 6.37. The lowest BCUT2D eigenvalue weighted by molar-refractivity contribution is -0.666. The summed E-state index contributed by atoms with van der Waals surface area (Å²) in [7, 11) is -2.76. The summed E-state index contributed by atoms with van der Waals surface area (Å²) in [5.41, 5.74) is 4.76. The molecule has 3 aromatic carbocycles. The number of carboxylic acids is 1. The minimum atomic E-state index is -6.00. The van der Waals surface area contributed by atoms with E-state index in [1.807, 2.05) is 66.7 Å². The fraction of sp³-hybridized carbons (Fsp3) is 0.111. The molecule has 0 spiro atoms. The first-order chi connectivity index (χ1) is 17.6. The van der Waals surface area contributed by atoms with Gasteiger partial charge in [-0.15, -0.1) is 0 Å². The van der Waals surface area contributed by atoms with Gasteiger partial charge in [0.2, 0.25) is 11.4 Å². The topological polar surface area (TPSA) is 59.6 Å². The average Bonchev–Trinajstić information content (AvgIpc) is 2.88. The molecule has 0 aliphatic carbocycles. The number of ether oxygens (including phenoxy) is 2. The highest BCUT2D eigenvalue weighted by atomic mass is 19.5. The van der Waals surface area contributed by atoms with Gasteiger partial charge in [-0.1, -0.05) is 30.3 Å². The number of hydrogen-bond donors (Lipinski definition) is 1. The van der Waals surface area contributed by atoms with Crippen LogP contribution in [0.5, 0.6) is 11.5 Å². The van der Waals surface area contributed by atoms with Crippen LogP contribution in [0.25, 0.3) is 22.5 Å². The van der Waals surface area contributed by atoms with E-state index in [2.05, 4.69) is 16.7 Å². The molecule has 0 aliphatic rings. The monoisotopic (exact) mass is 513 g/mol. The van der Waals surface area contributed by atoms with Crippen LogP contribution in [0.4, 0.5) is 17.3 Å². The van der Waals surface area contributed by atoms with E-state index in [1.54, 1.807) is 26.4 Å². The zero-order valence-corrected chi connectivity index (χ0v) is 20.1. The molecule has 0 saturated carbocycles. The van der Waals surface area contributed by atoms with Gasteiger partial charge in [0.05, 0.1) is 19.8 Å². The molecule has 10 heteroatoms. The lowest BCUT2D eigenvalue weighted by Gasteiger charge is -2.12. The number of halogens is 4. The number of pyridine rings is 1. The molecule has 0 fully saturated rings. The second kappa shape index (κ2) is 12.1. The number of nitrogens with zero attached hydrogens (tertiary/aromatic N) is 1. The Morgan fingerprint density at radius 2 is 1.16 bits per heavy atom. The summed E-state index contributed by atoms with van der Waals surface area (Å²) in [5, 5.41) is 9.82. The Balaban J connectivity index is 0.000000695. The maximum absolute atomic E-state index is 12.0. The summed E-state index contributed by atoms with van der Waals surface area (Å²) in [6, 6.07) is 28.8. The first kappa shape index (κ1) is 27.3. The van der Waals surface area contributed by atoms with Crippen molar-refractivity contribution in [1.82, 2.24) is 0 Å². The van der Waals surface area contributed by atoms with E-state index in [-0.39, 0.29) is 5.56 Å². The molecule has 1 aromatic heterocycles. The zero-order chi connectivity index (χ0) is 27.0. The predicted molar refractivity (Wildman–Crippen MR) is 133 cm³/mol. The van der Waals surface area contributed by atoms with Gasteiger partial charge >= 0.3 is 13.2 Å². The smallest absolute Gasteiger partial charge is 0.497 e. The number of hydrogen-bond acceptors (Lipinski definition) is 3. The van der Waals surface area contributed by atoms with Gasteiger partial charge in [0.25, 0.3) is 0 Å². The van der Waals surface area contributed by atoms with Gasteiger partial charge in [-0.3, -0.25) is 0 Å². The summed E-state index contributed by atoms with van der Waals surface area (Å²) in [6.07, 6.45) is 0. The van der Waals surface area contributed by atoms with Crippen molar-refractivity contribution >= 4 is 13.2 Å². The molecule has 1 N–H and O–H groups in total. The van der Waals surface area contributed by atoms with Crippen LogP contribution in [-0.2, 0) is 6.54 Å². The Hall–Kier alpha value is -4.34. The van der Waals surface area contributed by atoms with E-state index < -0.39 is 13.2 Å². The molecule has 0 bridgehead atoms. The lowest BCUT2D eigenvalue weighted by atomic mass is 10.0. The molecule has 0 atom stereocenters. The summed E-state index contributed by atoms with van der Waals surface area (Å²) in [4.78, 5) is 12.0. The third-order valence-corrected chi connectivity index (χ3v) is 5.37. The number of benzene rings is 3. The highest BCUT2D eigenvalue weighted by Gasteiger charge is 2.25. The van der Waals surface area contributed by atoms with Crippen molar-refractivity contribution in [2.24, 2.45) is 0 Å². The van der Waals surface area contributed by atoms with E-state index in [0.717, 1.165) is 39.6 Å². The molecule has 0 radical (unpaired) electrons. The molecule has 0 amide bonds. The second-order valence-electron chi connectivity index (χ2n) is 7.84. The maximum Gasteiger partial charge on any atom is 0.673 e. The molecule has 192 valence electrons. The fourth-order valence-corrected chi connectivity index (χ4v) is 3.68. The van der Waals surface area contributed by atoms with E-state index in [0.29, 0.717) is 6.54 Å². The summed E-state index contributed by atoms with van der Waals surface area (Å²) in [6.45, 7) is 0.587. The van der Waals surface area contributed by atoms with Crippen molar-refractivity contribution < 1.29 is 41.2 Å². The molecule has 0 unspecified atom stereocenters. The van der Waals surface area contributed by atoms with Crippen LogP contribution in [0.15, 0.2) is 91.0 Å². The lowest BCUT2D eigenvalue weighted by Crippen LogP contribution is -2.40. The highest BCUT2D eigenvalue weighted by Crippen LogP contribution is 2.27. The summed E-state index contributed by atoms with van der Waals surface area (Å²) >= 11 is 0. The van der Waals surface area contributed by atoms with Gasteiger partial charge in [0.15, 0.2) is 6.54 Å². The van der Waals surface area contributed by atoms with Crippen LogP contribution in [0.2, 0.25) is 0 Å². The summed E-state index contributed by atoms with van der Waals surface area (Å²) in [5.74, 6) is 0.516. The Labute approximate surface area is 211 Å². The first-order valence-corrected chi connectivity index (χ1v) is 11.1. The second-order valence-corrected chi connectivity index (χ2v) is 7.84. The van der Waals surface area contributed by atoms with Gasteiger partial charge in [0.1, 0.15) is 11.5 Å². The molecular formula is C27H24BF4NO4. The van der Waals surface area contributed by atoms with Crippen molar-refractivity contribution in [1.29, 1.82) is 0 Å². The van der Waals surface area contributed by atoms with Gasteiger partial charge < -0.3 is 31.8 Å². The Morgan fingerprint density at radius 3 is 1.51 bits per heavy atom. The fourth-order valence-electron chi connectivity index (χ4n) is 3.68. The van der Waals surface area contributed by atoms with Gasteiger partial charge in [0, 0.05) is 28.8 Å².